The van der Waals surface area contributed by atoms with Gasteiger partial charge in [0.05, 0.1) is 17.7 Å². The molecule has 2 nitrogen and oxygen atoms in total. The van der Waals surface area contributed by atoms with Crippen LogP contribution in [0, 0.1) is 17.1 Å². The smallest absolute Gasteiger partial charge is 0.130 e. The zero-order chi connectivity index (χ0) is 9.84. The van der Waals surface area contributed by atoms with Crippen molar-refractivity contribution in [3.8, 4) is 6.07 Å². The lowest BCUT2D eigenvalue weighted by atomic mass is 10.0. The fourth-order valence-corrected chi connectivity index (χ4v) is 1.09. The molecule has 1 atom stereocenters. The maximum absolute atomic E-state index is 13.2. The van der Waals surface area contributed by atoms with Crippen molar-refractivity contribution < 1.29 is 9.50 Å². The molecule has 0 radical (unpaired) electrons. The Morgan fingerprint density at radius 3 is 2.77 bits per heavy atom. The molecule has 0 amide bonds. The van der Waals surface area contributed by atoms with Gasteiger partial charge in [0.25, 0.3) is 0 Å². The molecule has 1 rings (SSSR count). The van der Waals surface area contributed by atoms with E-state index in [1.54, 1.807) is 6.92 Å². The van der Waals surface area contributed by atoms with Gasteiger partial charge in [0.15, 0.2) is 0 Å². The molecule has 0 heterocycles. The number of aliphatic hydroxyl groups excluding tert-OH is 1. The summed E-state index contributed by atoms with van der Waals surface area (Å²) in [6.07, 6.45) is -0.323. The van der Waals surface area contributed by atoms with Gasteiger partial charge in [0.1, 0.15) is 5.82 Å². The Morgan fingerprint density at radius 1 is 1.62 bits per heavy atom. The molecular weight excluding hydrogens is 169 g/mol. The van der Waals surface area contributed by atoms with Crippen molar-refractivity contribution in [3.05, 3.63) is 35.1 Å². The summed E-state index contributed by atoms with van der Waals surface area (Å²) in [6, 6.07) is 5.91. The van der Waals surface area contributed by atoms with Crippen molar-refractivity contribution in [3.63, 3.8) is 0 Å². The van der Waals surface area contributed by atoms with Gasteiger partial charge in [-0.2, -0.15) is 5.26 Å². The molecule has 0 aliphatic heterocycles. The number of nitrogens with zero attached hydrogens (tertiary/aromatic N) is 1. The van der Waals surface area contributed by atoms with E-state index in [4.69, 9.17) is 5.26 Å². The van der Waals surface area contributed by atoms with Crippen LogP contribution < -0.4 is 0 Å². The largest absolute Gasteiger partial charge is 0.388 e. The summed E-state index contributed by atoms with van der Waals surface area (Å²) in [5.41, 5.74) is 0.519. The summed E-state index contributed by atoms with van der Waals surface area (Å²) < 4.78 is 13.2. The first kappa shape index (κ1) is 9.69. The lowest BCUT2D eigenvalue weighted by Gasteiger charge is -2.08. The van der Waals surface area contributed by atoms with Crippen LogP contribution in [0.25, 0.3) is 0 Å². The molecule has 0 aliphatic rings. The predicted molar refractivity (Wildman–Crippen MR) is 46.4 cm³/mol. The van der Waals surface area contributed by atoms with Gasteiger partial charge in [0.2, 0.25) is 0 Å². The van der Waals surface area contributed by atoms with Crippen LogP contribution in [0.5, 0.6) is 0 Å². The van der Waals surface area contributed by atoms with Gasteiger partial charge in [-0.25, -0.2) is 4.39 Å². The van der Waals surface area contributed by atoms with Gasteiger partial charge >= 0.3 is 0 Å². The molecule has 1 aromatic rings. The molecule has 13 heavy (non-hydrogen) atoms. The van der Waals surface area contributed by atoms with E-state index in [2.05, 4.69) is 0 Å². The molecule has 0 saturated heterocycles. The molecule has 1 aromatic carbocycles. The lowest BCUT2D eigenvalue weighted by molar-refractivity contribution is 0.169. The topological polar surface area (TPSA) is 44.0 Å². The van der Waals surface area contributed by atoms with Crippen molar-refractivity contribution in [1.29, 1.82) is 5.26 Å². The predicted octanol–water partition coefficient (Wildman–Crippen LogP) is 2.14. The van der Waals surface area contributed by atoms with Crippen LogP contribution in [-0.2, 0) is 0 Å². The van der Waals surface area contributed by atoms with Crippen LogP contribution in [0.15, 0.2) is 18.2 Å². The second-order valence-electron chi connectivity index (χ2n) is 2.77. The van der Waals surface area contributed by atoms with Crippen molar-refractivity contribution in [2.24, 2.45) is 0 Å². The van der Waals surface area contributed by atoms with Gasteiger partial charge in [-0.05, 0) is 18.6 Å². The summed E-state index contributed by atoms with van der Waals surface area (Å²) in [6.45, 7) is 1.77. The normalized spacial score (nSPS) is 12.2. The van der Waals surface area contributed by atoms with E-state index in [1.165, 1.54) is 12.1 Å². The number of halogens is 1. The Balaban J connectivity index is 3.07. The molecule has 0 bridgehead atoms. The third-order valence-electron chi connectivity index (χ3n) is 1.88. The highest BCUT2D eigenvalue weighted by Gasteiger charge is 2.10. The first-order chi connectivity index (χ1) is 6.19. The quantitative estimate of drug-likeness (QED) is 0.755. The van der Waals surface area contributed by atoms with E-state index in [1.807, 2.05) is 6.07 Å². The maximum atomic E-state index is 13.2. The van der Waals surface area contributed by atoms with E-state index >= 15 is 0 Å². The molecule has 1 unspecified atom stereocenters. The third-order valence-corrected chi connectivity index (χ3v) is 1.88. The van der Waals surface area contributed by atoms with Gasteiger partial charge < -0.3 is 5.11 Å². The van der Waals surface area contributed by atoms with Crippen molar-refractivity contribution in [1.82, 2.24) is 0 Å². The average molecular weight is 179 g/mol. The number of aliphatic hydroxyl groups is 1. The van der Waals surface area contributed by atoms with Gasteiger partial charge in [-0.15, -0.1) is 0 Å². The number of hydrogen-bond donors (Lipinski definition) is 1. The summed E-state index contributed by atoms with van der Waals surface area (Å²) in [7, 11) is 0. The minimum absolute atomic E-state index is 0.251. The highest BCUT2D eigenvalue weighted by molar-refractivity contribution is 5.33. The fraction of sp³-hybridized carbons (Fsp3) is 0.300. The van der Waals surface area contributed by atoms with Crippen LogP contribution in [0.2, 0.25) is 0 Å². The highest BCUT2D eigenvalue weighted by Crippen LogP contribution is 2.20. The van der Waals surface area contributed by atoms with Crippen molar-refractivity contribution in [2.75, 3.05) is 0 Å². The molecule has 0 aliphatic carbocycles. The standard InChI is InChI=1S/C10H10FNO/c1-2-10(13)8-4-3-7(6-12)5-9(8)11/h3-5,10,13H,2H2,1H3. The molecule has 0 fully saturated rings. The average Bonchev–Trinajstić information content (AvgIpc) is 2.16. The first-order valence-electron chi connectivity index (χ1n) is 4.06. The van der Waals surface area contributed by atoms with Crippen LogP contribution in [0.3, 0.4) is 0 Å². The first-order valence-corrected chi connectivity index (χ1v) is 4.06. The van der Waals surface area contributed by atoms with Crippen LogP contribution in [0.1, 0.15) is 30.6 Å². The number of nitriles is 1. The molecule has 0 aromatic heterocycles. The second-order valence-corrected chi connectivity index (χ2v) is 2.77. The van der Waals surface area contributed by atoms with Gasteiger partial charge in [0, 0.05) is 5.56 Å². The number of rotatable bonds is 2. The van der Waals surface area contributed by atoms with Crippen LogP contribution in [-0.4, -0.2) is 5.11 Å². The lowest BCUT2D eigenvalue weighted by Crippen LogP contribution is -1.99. The molecular formula is C10H10FNO. The molecule has 1 N–H and O–H groups in total. The Morgan fingerprint density at radius 2 is 2.31 bits per heavy atom. The Labute approximate surface area is 76.2 Å². The molecule has 0 spiro atoms. The van der Waals surface area contributed by atoms with Crippen molar-refractivity contribution >= 4 is 0 Å². The molecule has 0 saturated carbocycles. The summed E-state index contributed by atoms with van der Waals surface area (Å²) >= 11 is 0. The Bertz CT molecular complexity index is 343. The van der Waals surface area contributed by atoms with E-state index in [0.29, 0.717) is 6.42 Å². The van der Waals surface area contributed by atoms with Gasteiger partial charge in [-0.1, -0.05) is 13.0 Å². The molecule has 68 valence electrons. The van der Waals surface area contributed by atoms with E-state index in [0.717, 1.165) is 6.07 Å². The minimum atomic E-state index is -0.784. The zero-order valence-electron chi connectivity index (χ0n) is 7.29. The van der Waals surface area contributed by atoms with Crippen LogP contribution >= 0.6 is 0 Å². The minimum Gasteiger partial charge on any atom is -0.388 e. The van der Waals surface area contributed by atoms with Gasteiger partial charge in [-0.3, -0.25) is 0 Å². The van der Waals surface area contributed by atoms with E-state index < -0.39 is 11.9 Å². The monoisotopic (exact) mass is 179 g/mol. The number of benzene rings is 1. The summed E-state index contributed by atoms with van der Waals surface area (Å²) in [5, 5.41) is 17.8. The van der Waals surface area contributed by atoms with Crippen LogP contribution in [0.4, 0.5) is 4.39 Å². The second kappa shape index (κ2) is 4.01. The Kier molecular flexibility index (Phi) is 2.99. The summed E-state index contributed by atoms with van der Waals surface area (Å²) in [5.74, 6) is -0.520. The summed E-state index contributed by atoms with van der Waals surface area (Å²) in [4.78, 5) is 0. The van der Waals surface area contributed by atoms with E-state index in [-0.39, 0.29) is 11.1 Å². The van der Waals surface area contributed by atoms with E-state index in [9.17, 15) is 9.50 Å². The number of hydrogen-bond acceptors (Lipinski definition) is 2. The third kappa shape index (κ3) is 2.04. The highest BCUT2D eigenvalue weighted by atomic mass is 19.1. The SMILES string of the molecule is CCC(O)c1ccc(C#N)cc1F. The fourth-order valence-electron chi connectivity index (χ4n) is 1.09. The Hall–Kier alpha value is -1.40. The molecule has 3 heteroatoms. The zero-order valence-corrected chi connectivity index (χ0v) is 7.29. The maximum Gasteiger partial charge on any atom is 0.130 e. The van der Waals surface area contributed by atoms with Crippen molar-refractivity contribution in [2.45, 2.75) is 19.4 Å².